The molecule has 312 valence electrons. The smallest absolute Gasteiger partial charge is 0.301 e. The van der Waals surface area contributed by atoms with Gasteiger partial charge in [-0.2, -0.15) is 5.01 Å². The van der Waals surface area contributed by atoms with Crippen molar-refractivity contribution in [3.05, 3.63) is 139 Å². The molecule has 2 aliphatic heterocycles. The lowest BCUT2D eigenvalue weighted by atomic mass is 9.50. The molecule has 2 aliphatic carbocycles. The van der Waals surface area contributed by atoms with E-state index in [2.05, 4.69) is 5.43 Å². The zero-order chi connectivity index (χ0) is 43.7. The summed E-state index contributed by atoms with van der Waals surface area (Å²) in [6.45, 7) is 0. The molecule has 0 unspecified atom stereocenters. The molecule has 2 heterocycles. The van der Waals surface area contributed by atoms with Crippen LogP contribution in [0, 0.1) is 55.6 Å². The Balaban J connectivity index is 1.29. The van der Waals surface area contributed by atoms with Crippen molar-refractivity contribution in [2.45, 2.75) is 18.3 Å². The fraction of sp³-hybridized carbons (Fsp3) is 0.256. The molecular formula is C43H36ClFN6O10. The van der Waals surface area contributed by atoms with Crippen molar-refractivity contribution in [2.75, 3.05) is 36.4 Å². The molecule has 8 rings (SSSR count). The number of imide groups is 2. The first-order chi connectivity index (χ1) is 29.1. The molecule has 16 nitrogen and oxygen atoms in total. The number of benzene rings is 4. The van der Waals surface area contributed by atoms with Gasteiger partial charge in [-0.05, 0) is 78.4 Å². The van der Waals surface area contributed by atoms with E-state index in [-0.39, 0.29) is 41.4 Å². The molecule has 1 saturated carbocycles. The molecule has 4 amide bonds. The van der Waals surface area contributed by atoms with Crippen LogP contribution in [0.15, 0.2) is 96.6 Å². The van der Waals surface area contributed by atoms with Crippen LogP contribution in [0.5, 0.6) is 11.5 Å². The zero-order valence-corrected chi connectivity index (χ0v) is 33.4. The molecule has 3 fully saturated rings. The number of allylic oxidation sites excluding steroid dienone is 3. The Kier molecular flexibility index (Phi) is 10.1. The van der Waals surface area contributed by atoms with Gasteiger partial charge in [0.2, 0.25) is 11.8 Å². The first-order valence-electron chi connectivity index (χ1n) is 19.0. The summed E-state index contributed by atoms with van der Waals surface area (Å²) >= 11 is 6.35. The minimum atomic E-state index is -1.67. The summed E-state index contributed by atoms with van der Waals surface area (Å²) in [5.41, 5.74) is 0.946. The van der Waals surface area contributed by atoms with Gasteiger partial charge in [0.25, 0.3) is 11.8 Å². The predicted molar refractivity (Wildman–Crippen MR) is 220 cm³/mol. The Morgan fingerprint density at radius 1 is 0.918 bits per heavy atom. The maximum absolute atomic E-state index is 15.3. The van der Waals surface area contributed by atoms with Gasteiger partial charge in [-0.25, -0.2) is 9.29 Å². The van der Waals surface area contributed by atoms with Crippen LogP contribution in [-0.4, -0.2) is 64.8 Å². The normalized spacial score (nSPS) is 24.3. The number of nitrogens with zero attached hydrogens (tertiary/aromatic N) is 5. The summed E-state index contributed by atoms with van der Waals surface area (Å²) in [4.78, 5) is 84.1. The SMILES string of the molecule is COc1cc(C=C[C@H]2C3=CC[C@@H]4C(=O)N(c5cc([N+](=O)[O-])c(N(C)C)c([N+](=O)[O-])c5)C(=O)[C@@H]4[C@@H]3C[C@H]3C(=O)N(Nc4ccc(F)cc4)C(=O)[C@@]23c2ccc(Cl)cc2)ccc1O. The highest BCUT2D eigenvalue weighted by molar-refractivity contribution is 6.30. The van der Waals surface area contributed by atoms with Crippen LogP contribution < -0.4 is 20.0 Å². The second-order valence-electron chi connectivity index (χ2n) is 15.5. The Morgan fingerprint density at radius 3 is 2.18 bits per heavy atom. The number of methoxy groups -OCH3 is 1. The molecule has 4 aromatic rings. The number of nitro benzene ring substituents is 2. The number of hydrogen-bond acceptors (Lipinski definition) is 12. The molecule has 6 atom stereocenters. The lowest BCUT2D eigenvalue weighted by Gasteiger charge is -2.49. The molecule has 0 radical (unpaired) electrons. The van der Waals surface area contributed by atoms with E-state index in [0.717, 1.165) is 34.2 Å². The number of fused-ring (bicyclic) bond motifs is 4. The van der Waals surface area contributed by atoms with E-state index in [4.69, 9.17) is 16.3 Å². The van der Waals surface area contributed by atoms with Gasteiger partial charge in [-0.3, -0.25) is 44.8 Å². The van der Waals surface area contributed by atoms with Crippen molar-refractivity contribution in [1.82, 2.24) is 5.01 Å². The van der Waals surface area contributed by atoms with Gasteiger partial charge in [-0.15, -0.1) is 0 Å². The van der Waals surface area contributed by atoms with Crippen LogP contribution in [0.3, 0.4) is 0 Å². The third-order valence-corrected chi connectivity index (χ3v) is 12.4. The molecule has 18 heteroatoms. The minimum absolute atomic E-state index is 0.00401. The van der Waals surface area contributed by atoms with Gasteiger partial charge in [0, 0.05) is 37.2 Å². The van der Waals surface area contributed by atoms with E-state index in [0.29, 0.717) is 21.7 Å². The fourth-order valence-corrected chi connectivity index (χ4v) is 9.74. The number of ether oxygens (including phenoxy) is 1. The highest BCUT2D eigenvalue weighted by atomic mass is 35.5. The Hall–Kier alpha value is -7.14. The molecule has 61 heavy (non-hydrogen) atoms. The maximum atomic E-state index is 15.3. The highest BCUT2D eigenvalue weighted by Gasteiger charge is 2.69. The van der Waals surface area contributed by atoms with Crippen LogP contribution in [0.4, 0.5) is 32.8 Å². The Bertz CT molecular complexity index is 2580. The number of nitrogens with one attached hydrogen (secondary N) is 1. The van der Waals surface area contributed by atoms with E-state index in [1.54, 1.807) is 54.6 Å². The van der Waals surface area contributed by atoms with Gasteiger partial charge < -0.3 is 14.7 Å². The minimum Gasteiger partial charge on any atom is -0.504 e. The molecule has 0 aromatic heterocycles. The number of halogens is 2. The summed E-state index contributed by atoms with van der Waals surface area (Å²) in [5.74, 6) is -8.40. The topological polar surface area (TPSA) is 206 Å². The average molecular weight is 851 g/mol. The van der Waals surface area contributed by atoms with Gasteiger partial charge in [-0.1, -0.05) is 53.6 Å². The maximum Gasteiger partial charge on any atom is 0.301 e. The first kappa shape index (κ1) is 40.6. The van der Waals surface area contributed by atoms with Crippen molar-refractivity contribution in [3.63, 3.8) is 0 Å². The van der Waals surface area contributed by atoms with Gasteiger partial charge >= 0.3 is 11.4 Å². The van der Waals surface area contributed by atoms with Crippen molar-refractivity contribution in [2.24, 2.45) is 29.6 Å². The summed E-state index contributed by atoms with van der Waals surface area (Å²) in [5, 5.41) is 36.1. The lowest BCUT2D eigenvalue weighted by Crippen LogP contribution is -2.54. The Labute approximate surface area is 351 Å². The number of carbonyl (C=O) groups is 4. The number of nitro groups is 2. The molecule has 0 bridgehead atoms. The van der Waals surface area contributed by atoms with Gasteiger partial charge in [0.1, 0.15) is 5.82 Å². The van der Waals surface area contributed by atoms with Crippen LogP contribution in [0.2, 0.25) is 5.02 Å². The number of anilines is 3. The molecule has 2 saturated heterocycles. The molecule has 2 N–H and O–H groups in total. The van der Waals surface area contributed by atoms with E-state index in [9.17, 15) is 44.1 Å². The number of hydrogen-bond donors (Lipinski definition) is 2. The third-order valence-electron chi connectivity index (χ3n) is 12.2. The average Bonchev–Trinajstić information content (AvgIpc) is 3.61. The van der Waals surface area contributed by atoms with E-state index in [1.165, 1.54) is 44.3 Å². The van der Waals surface area contributed by atoms with Crippen LogP contribution in [0.1, 0.15) is 24.0 Å². The molecule has 0 spiro atoms. The summed E-state index contributed by atoms with van der Waals surface area (Å²) in [7, 11) is 4.17. The standard InChI is InChI=1S/C43H36ClFN6O10/c1-47(2)38-33(50(57)58)19-27(20-34(38)51(59)60)48-39(53)29-15-14-28-30(37(29)41(48)55)21-32-40(54)49(46-26-12-10-25(45)11-13-26)42(56)43(32,23-6-8-24(44)9-7-23)31(28)16-4-22-5-17-35(52)36(18-22)61-3/h4-14,16-20,29-32,37,46,52H,15,21H2,1-3H3/t29-,30+,31-,32-,37-,43-/m0/s1. The summed E-state index contributed by atoms with van der Waals surface area (Å²) < 4.78 is 19.3. The molecule has 4 aromatic carbocycles. The molecule has 4 aliphatic rings. The van der Waals surface area contributed by atoms with Crippen LogP contribution >= 0.6 is 11.6 Å². The van der Waals surface area contributed by atoms with Crippen LogP contribution in [-0.2, 0) is 24.6 Å². The van der Waals surface area contributed by atoms with E-state index >= 15 is 4.79 Å². The van der Waals surface area contributed by atoms with Crippen molar-refractivity contribution < 1.29 is 43.3 Å². The third kappa shape index (κ3) is 6.43. The van der Waals surface area contributed by atoms with Crippen molar-refractivity contribution in [1.29, 1.82) is 0 Å². The summed E-state index contributed by atoms with van der Waals surface area (Å²) in [6.07, 6.45) is 5.11. The largest absolute Gasteiger partial charge is 0.504 e. The second kappa shape index (κ2) is 15.2. The Morgan fingerprint density at radius 2 is 1.57 bits per heavy atom. The number of phenols is 1. The fourth-order valence-electron chi connectivity index (χ4n) is 9.62. The lowest BCUT2D eigenvalue weighted by molar-refractivity contribution is -0.392. The number of carbonyl (C=O) groups excluding carboxylic acids is 4. The number of phenolic OH excluding ortho intramolecular Hbond substituents is 1. The number of amides is 4. The first-order valence-corrected chi connectivity index (χ1v) is 19.4. The molecular weight excluding hydrogens is 815 g/mol. The number of rotatable bonds is 10. The monoisotopic (exact) mass is 850 g/mol. The van der Waals surface area contributed by atoms with Crippen molar-refractivity contribution in [3.8, 4) is 11.5 Å². The summed E-state index contributed by atoms with van der Waals surface area (Å²) in [6, 6.07) is 18.1. The number of aromatic hydroxyl groups is 1. The highest BCUT2D eigenvalue weighted by Crippen LogP contribution is 2.62. The number of hydrazine groups is 1. The van der Waals surface area contributed by atoms with Gasteiger partial charge in [0.15, 0.2) is 17.2 Å². The van der Waals surface area contributed by atoms with E-state index < -0.39 is 85.7 Å². The van der Waals surface area contributed by atoms with Crippen molar-refractivity contribution >= 4 is 69.7 Å². The predicted octanol–water partition coefficient (Wildman–Crippen LogP) is 6.81. The van der Waals surface area contributed by atoms with E-state index in [1.807, 2.05) is 0 Å². The zero-order valence-electron chi connectivity index (χ0n) is 32.7. The second-order valence-corrected chi connectivity index (χ2v) is 15.9. The van der Waals surface area contributed by atoms with Gasteiger partial charge in [0.05, 0.1) is 51.5 Å². The van der Waals surface area contributed by atoms with Crippen LogP contribution in [0.25, 0.3) is 6.08 Å². The quantitative estimate of drug-likeness (QED) is 0.0731.